The van der Waals surface area contributed by atoms with Gasteiger partial charge in [0.25, 0.3) is 5.91 Å². The van der Waals surface area contributed by atoms with Crippen molar-refractivity contribution < 1.29 is 19.1 Å². The second-order valence-electron chi connectivity index (χ2n) is 8.92. The van der Waals surface area contributed by atoms with Gasteiger partial charge in [-0.15, -0.1) is 10.2 Å². The number of nitrogens with zero attached hydrogens (tertiary/aromatic N) is 5. The molecule has 12 heteroatoms. The van der Waals surface area contributed by atoms with Gasteiger partial charge in [-0.3, -0.25) is 19.6 Å². The molecule has 0 aromatic carbocycles. The molecule has 2 N–H and O–H groups in total. The second-order valence-corrected chi connectivity index (χ2v) is 9.87. The normalized spacial score (nSPS) is 20.8. The molecule has 1 saturated carbocycles. The molecule has 2 saturated heterocycles. The van der Waals surface area contributed by atoms with Gasteiger partial charge >= 0.3 is 6.03 Å². The van der Waals surface area contributed by atoms with Gasteiger partial charge in [-0.25, -0.2) is 4.79 Å². The van der Waals surface area contributed by atoms with Crippen LogP contribution in [0.1, 0.15) is 46.0 Å². The number of hydrazine groups is 1. The Morgan fingerprint density at radius 1 is 1.19 bits per heavy atom. The maximum atomic E-state index is 12.8. The van der Waals surface area contributed by atoms with Gasteiger partial charge in [-0.2, -0.15) is 5.01 Å². The van der Waals surface area contributed by atoms with Crippen molar-refractivity contribution in [3.63, 3.8) is 0 Å². The van der Waals surface area contributed by atoms with Crippen molar-refractivity contribution in [2.75, 3.05) is 37.0 Å². The smallest absolute Gasteiger partial charge is 0.344 e. The highest BCUT2D eigenvalue weighted by Crippen LogP contribution is 2.33. The Hall–Kier alpha value is -2.34. The summed E-state index contributed by atoms with van der Waals surface area (Å²) >= 11 is 1.24. The Bertz CT molecular complexity index is 862. The van der Waals surface area contributed by atoms with Crippen LogP contribution in [0, 0.1) is 5.92 Å². The number of amides is 4. The standard InChI is InChI=1S/C20H31N7O4S/c1-14(2)12-26-17(25-8-10-31-11-9-25)22-23-19(26)32-13-15(28)24-27-16(29)20(21-18(27)30)6-4-3-5-7-20/h14H,3-13H2,1-2H3,(H,21,30)(H,24,28). The molecule has 4 rings (SSSR count). The SMILES string of the molecule is CC(C)Cn1c(SCC(=O)NN2C(=O)NC3(CCCCC3)C2=O)nnc1N1CCOCC1. The average Bonchev–Trinajstić information content (AvgIpc) is 3.27. The summed E-state index contributed by atoms with van der Waals surface area (Å²) in [6, 6.07) is -0.562. The minimum absolute atomic E-state index is 0.0173. The Morgan fingerprint density at radius 2 is 1.91 bits per heavy atom. The first-order valence-electron chi connectivity index (χ1n) is 11.2. The number of aromatic nitrogens is 3. The van der Waals surface area contributed by atoms with Gasteiger partial charge in [0.2, 0.25) is 11.9 Å². The lowest BCUT2D eigenvalue weighted by atomic mass is 9.82. The summed E-state index contributed by atoms with van der Waals surface area (Å²) in [5.41, 5.74) is 1.62. The summed E-state index contributed by atoms with van der Waals surface area (Å²) in [5, 5.41) is 12.9. The number of carbonyl (C=O) groups is 3. The lowest BCUT2D eigenvalue weighted by Gasteiger charge is -2.30. The predicted octanol–water partition coefficient (Wildman–Crippen LogP) is 1.15. The Kier molecular flexibility index (Phi) is 6.89. The van der Waals surface area contributed by atoms with E-state index in [1.165, 1.54) is 11.8 Å². The highest BCUT2D eigenvalue weighted by molar-refractivity contribution is 7.99. The third-order valence-corrected chi connectivity index (χ3v) is 6.94. The van der Waals surface area contributed by atoms with Gasteiger partial charge in [0, 0.05) is 19.6 Å². The lowest BCUT2D eigenvalue weighted by molar-refractivity contribution is -0.139. The predicted molar refractivity (Wildman–Crippen MR) is 118 cm³/mol. The van der Waals surface area contributed by atoms with E-state index in [0.717, 1.165) is 49.9 Å². The van der Waals surface area contributed by atoms with Crippen molar-refractivity contribution in [1.29, 1.82) is 0 Å². The fraction of sp³-hybridized carbons (Fsp3) is 0.750. The molecule has 0 unspecified atom stereocenters. The number of urea groups is 1. The lowest BCUT2D eigenvalue weighted by Crippen LogP contribution is -2.51. The molecule has 3 heterocycles. The number of rotatable bonds is 7. The topological polar surface area (TPSA) is 122 Å². The number of thioether (sulfide) groups is 1. The van der Waals surface area contributed by atoms with Crippen LogP contribution in [-0.4, -0.2) is 75.2 Å². The molecule has 0 radical (unpaired) electrons. The van der Waals surface area contributed by atoms with E-state index in [-0.39, 0.29) is 11.7 Å². The van der Waals surface area contributed by atoms with Crippen LogP contribution in [0.3, 0.4) is 0 Å². The van der Waals surface area contributed by atoms with E-state index < -0.39 is 17.5 Å². The van der Waals surface area contributed by atoms with Gasteiger partial charge in [0.05, 0.1) is 19.0 Å². The number of hydrogen-bond acceptors (Lipinski definition) is 8. The molecule has 0 atom stereocenters. The number of hydrogen-bond donors (Lipinski definition) is 2. The minimum Gasteiger partial charge on any atom is -0.378 e. The molecule has 32 heavy (non-hydrogen) atoms. The third kappa shape index (κ3) is 4.70. The second kappa shape index (κ2) is 9.65. The molecule has 0 bridgehead atoms. The van der Waals surface area contributed by atoms with Gasteiger partial charge in [-0.05, 0) is 18.8 Å². The maximum Gasteiger partial charge on any atom is 0.344 e. The Labute approximate surface area is 191 Å². The van der Waals surface area contributed by atoms with Gasteiger partial charge < -0.3 is 15.0 Å². The fourth-order valence-corrected chi connectivity index (χ4v) is 5.15. The van der Waals surface area contributed by atoms with Crippen LogP contribution >= 0.6 is 11.8 Å². The molecule has 11 nitrogen and oxygen atoms in total. The summed E-state index contributed by atoms with van der Waals surface area (Å²) in [6.07, 6.45) is 4.06. The fourth-order valence-electron chi connectivity index (χ4n) is 4.41. The molecule has 1 aromatic heterocycles. The summed E-state index contributed by atoms with van der Waals surface area (Å²) in [5.74, 6) is 0.370. The van der Waals surface area contributed by atoms with Crippen molar-refractivity contribution in [3.05, 3.63) is 0 Å². The summed E-state index contributed by atoms with van der Waals surface area (Å²) in [7, 11) is 0. The van der Waals surface area contributed by atoms with Crippen LogP contribution in [0.4, 0.5) is 10.7 Å². The first kappa shape index (κ1) is 22.8. The van der Waals surface area contributed by atoms with Crippen LogP contribution in [0.25, 0.3) is 0 Å². The van der Waals surface area contributed by atoms with Crippen molar-refractivity contribution in [1.82, 2.24) is 30.5 Å². The average molecular weight is 466 g/mol. The number of anilines is 1. The molecule has 1 spiro atoms. The number of imide groups is 1. The highest BCUT2D eigenvalue weighted by atomic mass is 32.2. The molecule has 176 valence electrons. The zero-order valence-electron chi connectivity index (χ0n) is 18.6. The van der Waals surface area contributed by atoms with Gasteiger partial charge in [0.1, 0.15) is 5.54 Å². The quantitative estimate of drug-likeness (QED) is 0.454. The van der Waals surface area contributed by atoms with Crippen molar-refractivity contribution >= 4 is 35.6 Å². The minimum atomic E-state index is -0.861. The van der Waals surface area contributed by atoms with Gasteiger partial charge in [-0.1, -0.05) is 44.9 Å². The van der Waals surface area contributed by atoms with E-state index in [4.69, 9.17) is 4.74 Å². The molecule has 4 amide bonds. The number of nitrogens with one attached hydrogen (secondary N) is 2. The maximum absolute atomic E-state index is 12.8. The van der Waals surface area contributed by atoms with Crippen molar-refractivity contribution in [3.8, 4) is 0 Å². The van der Waals surface area contributed by atoms with E-state index in [0.29, 0.717) is 37.1 Å². The van der Waals surface area contributed by atoms with E-state index in [2.05, 4.69) is 39.7 Å². The van der Waals surface area contributed by atoms with Crippen LogP contribution < -0.4 is 15.6 Å². The number of morpholine rings is 1. The molecule has 2 aliphatic heterocycles. The molecule has 3 aliphatic rings. The van der Waals surface area contributed by atoms with Crippen LogP contribution in [0.15, 0.2) is 5.16 Å². The van der Waals surface area contributed by atoms with Crippen molar-refractivity contribution in [2.24, 2.45) is 5.92 Å². The summed E-state index contributed by atoms with van der Waals surface area (Å²) in [6.45, 7) is 7.73. The first-order valence-corrected chi connectivity index (χ1v) is 12.2. The zero-order valence-corrected chi connectivity index (χ0v) is 19.4. The molecular weight excluding hydrogens is 434 g/mol. The molecular formula is C20H31N7O4S. The van der Waals surface area contributed by atoms with E-state index in [1.807, 2.05) is 4.57 Å². The number of carbonyl (C=O) groups excluding carboxylic acids is 3. The summed E-state index contributed by atoms with van der Waals surface area (Å²) < 4.78 is 7.45. The van der Waals surface area contributed by atoms with E-state index in [1.54, 1.807) is 0 Å². The van der Waals surface area contributed by atoms with Crippen LogP contribution in [-0.2, 0) is 20.9 Å². The zero-order chi connectivity index (χ0) is 22.7. The largest absolute Gasteiger partial charge is 0.378 e. The monoisotopic (exact) mass is 465 g/mol. The van der Waals surface area contributed by atoms with Gasteiger partial charge in [0.15, 0.2) is 5.16 Å². The van der Waals surface area contributed by atoms with E-state index >= 15 is 0 Å². The third-order valence-electron chi connectivity index (χ3n) is 5.98. The summed E-state index contributed by atoms with van der Waals surface area (Å²) in [4.78, 5) is 39.9. The Balaban J connectivity index is 1.39. The van der Waals surface area contributed by atoms with Crippen LogP contribution in [0.5, 0.6) is 0 Å². The van der Waals surface area contributed by atoms with E-state index in [9.17, 15) is 14.4 Å². The van der Waals surface area contributed by atoms with Crippen LogP contribution in [0.2, 0.25) is 0 Å². The molecule has 3 fully saturated rings. The molecule has 1 aromatic rings. The highest BCUT2D eigenvalue weighted by Gasteiger charge is 2.52. The first-order chi connectivity index (χ1) is 15.4. The van der Waals surface area contributed by atoms with Crippen molar-refractivity contribution in [2.45, 2.75) is 63.2 Å². The molecule has 1 aliphatic carbocycles. The number of ether oxygens (including phenoxy) is 1. The Morgan fingerprint density at radius 3 is 2.59 bits per heavy atom.